The smallest absolute Gasteiger partial charge is 0.306 e. The number of nitrogens with zero attached hydrogens (tertiary/aromatic N) is 5. The van der Waals surface area contributed by atoms with E-state index in [1.54, 1.807) is 28.8 Å². The van der Waals surface area contributed by atoms with Crippen molar-refractivity contribution in [3.05, 3.63) is 52.3 Å². The molecule has 2 aromatic heterocycles. The van der Waals surface area contributed by atoms with Crippen LogP contribution in [0, 0.1) is 25.2 Å². The van der Waals surface area contributed by atoms with Gasteiger partial charge in [0, 0.05) is 17.8 Å². The lowest BCUT2D eigenvalue weighted by Gasteiger charge is -2.10. The van der Waals surface area contributed by atoms with Crippen LogP contribution < -0.4 is 5.73 Å². The lowest BCUT2D eigenvalue weighted by molar-refractivity contribution is -0.144. The number of fused-ring (bicyclic) bond motifs is 1. The van der Waals surface area contributed by atoms with Gasteiger partial charge in [0.2, 0.25) is 5.95 Å². The second-order valence-electron chi connectivity index (χ2n) is 5.91. The minimum absolute atomic E-state index is 0.166. The van der Waals surface area contributed by atoms with Crippen molar-refractivity contribution in [3.8, 4) is 6.07 Å². The van der Waals surface area contributed by atoms with E-state index < -0.39 is 0 Å². The van der Waals surface area contributed by atoms with Gasteiger partial charge in [0.25, 0.3) is 5.78 Å². The number of nitriles is 1. The molecule has 0 aliphatic rings. The Kier molecular flexibility index (Phi) is 4.80. The highest BCUT2D eigenvalue weighted by molar-refractivity contribution is 5.69. The lowest BCUT2D eigenvalue weighted by Crippen LogP contribution is -2.10. The molecule has 0 unspecified atom stereocenters. The van der Waals surface area contributed by atoms with E-state index in [-0.39, 0.29) is 24.9 Å². The lowest BCUT2D eigenvalue weighted by atomic mass is 10.1. The maximum absolute atomic E-state index is 12.1. The highest BCUT2D eigenvalue weighted by Gasteiger charge is 2.14. The van der Waals surface area contributed by atoms with Crippen molar-refractivity contribution in [2.45, 2.75) is 33.3 Å². The summed E-state index contributed by atoms with van der Waals surface area (Å²) in [5.41, 5.74) is 9.61. The molecule has 1 aromatic carbocycles. The van der Waals surface area contributed by atoms with Gasteiger partial charge in [0.1, 0.15) is 6.61 Å². The molecule has 2 heterocycles. The maximum Gasteiger partial charge on any atom is 0.306 e. The first kappa shape index (κ1) is 17.4. The second-order valence-corrected chi connectivity index (χ2v) is 5.91. The largest absolute Gasteiger partial charge is 0.461 e. The molecule has 0 aliphatic heterocycles. The van der Waals surface area contributed by atoms with Crippen LogP contribution in [0.5, 0.6) is 0 Å². The molecule has 0 saturated carbocycles. The fourth-order valence-corrected chi connectivity index (χ4v) is 2.72. The van der Waals surface area contributed by atoms with Gasteiger partial charge in [-0.3, -0.25) is 4.79 Å². The summed E-state index contributed by atoms with van der Waals surface area (Å²) < 4.78 is 6.88. The molecule has 0 saturated heterocycles. The Morgan fingerprint density at radius 1 is 1.27 bits per heavy atom. The van der Waals surface area contributed by atoms with E-state index in [2.05, 4.69) is 15.1 Å². The average molecular weight is 350 g/mol. The number of carbonyl (C=O) groups excluding carboxylic acids is 1. The van der Waals surface area contributed by atoms with Gasteiger partial charge in [0.05, 0.1) is 11.6 Å². The first-order chi connectivity index (χ1) is 12.5. The van der Waals surface area contributed by atoms with Crippen molar-refractivity contribution < 1.29 is 9.53 Å². The molecule has 0 amide bonds. The summed E-state index contributed by atoms with van der Waals surface area (Å²) in [4.78, 5) is 20.5. The van der Waals surface area contributed by atoms with E-state index in [1.165, 1.54) is 0 Å². The van der Waals surface area contributed by atoms with Crippen LogP contribution in [0.15, 0.2) is 24.3 Å². The van der Waals surface area contributed by atoms with E-state index >= 15 is 0 Å². The summed E-state index contributed by atoms with van der Waals surface area (Å²) >= 11 is 0. The Morgan fingerprint density at radius 3 is 2.69 bits per heavy atom. The van der Waals surface area contributed by atoms with E-state index in [9.17, 15) is 4.79 Å². The average Bonchev–Trinajstić information content (AvgIpc) is 3.00. The molecule has 2 N–H and O–H groups in total. The zero-order valence-corrected chi connectivity index (χ0v) is 14.6. The summed E-state index contributed by atoms with van der Waals surface area (Å²) in [5.74, 6) is 0.315. The highest BCUT2D eigenvalue weighted by atomic mass is 16.5. The van der Waals surface area contributed by atoms with Crippen LogP contribution in [0.2, 0.25) is 0 Å². The molecular weight excluding hydrogens is 332 g/mol. The summed E-state index contributed by atoms with van der Waals surface area (Å²) in [6, 6.07) is 8.98. The minimum Gasteiger partial charge on any atom is -0.461 e. The molecule has 3 rings (SSSR count). The zero-order valence-electron chi connectivity index (χ0n) is 14.6. The van der Waals surface area contributed by atoms with Gasteiger partial charge in [-0.1, -0.05) is 12.1 Å². The number of ether oxygens (including phenoxy) is 1. The van der Waals surface area contributed by atoms with Crippen LogP contribution >= 0.6 is 0 Å². The molecule has 26 heavy (non-hydrogen) atoms. The van der Waals surface area contributed by atoms with Gasteiger partial charge in [-0.2, -0.15) is 14.8 Å². The topological polar surface area (TPSA) is 119 Å². The first-order valence-corrected chi connectivity index (χ1v) is 8.11. The molecule has 8 heteroatoms. The normalized spacial score (nSPS) is 10.7. The number of carbonyl (C=O) groups is 1. The number of hydrogen-bond acceptors (Lipinski definition) is 7. The predicted octanol–water partition coefficient (Wildman–Crippen LogP) is 1.87. The van der Waals surface area contributed by atoms with Gasteiger partial charge in [-0.25, -0.2) is 4.98 Å². The number of aryl methyl sites for hydroxylation is 2. The number of esters is 1. The molecule has 132 valence electrons. The summed E-state index contributed by atoms with van der Waals surface area (Å²) in [6.07, 6.45) is 0.724. The van der Waals surface area contributed by atoms with E-state index in [1.807, 2.05) is 19.9 Å². The first-order valence-electron chi connectivity index (χ1n) is 8.11. The fraction of sp³-hybridized carbons (Fsp3) is 0.278. The van der Waals surface area contributed by atoms with Gasteiger partial charge >= 0.3 is 5.97 Å². The molecule has 0 spiro atoms. The van der Waals surface area contributed by atoms with Crippen molar-refractivity contribution in [3.63, 3.8) is 0 Å². The van der Waals surface area contributed by atoms with Gasteiger partial charge < -0.3 is 10.5 Å². The minimum atomic E-state index is -0.300. The molecular formula is C18H18N6O2. The molecule has 8 nitrogen and oxygen atoms in total. The number of benzene rings is 1. The quantitative estimate of drug-likeness (QED) is 0.698. The van der Waals surface area contributed by atoms with Gasteiger partial charge in [-0.05, 0) is 43.5 Å². The second kappa shape index (κ2) is 7.19. The fourth-order valence-electron chi connectivity index (χ4n) is 2.72. The molecule has 0 atom stereocenters. The van der Waals surface area contributed by atoms with Gasteiger partial charge in [0.15, 0.2) is 0 Å². The third-order valence-electron chi connectivity index (χ3n) is 4.13. The Hall–Kier alpha value is -3.47. The summed E-state index contributed by atoms with van der Waals surface area (Å²) in [6.45, 7) is 3.95. The standard InChI is InChI=1S/C18H18N6O2/c1-11-15(12(2)24-18(21-11)22-17(20)23-24)7-8-16(25)26-10-14-5-3-13(9-19)4-6-14/h3-6H,7-8,10H2,1-2H3,(H2,20,23). The molecule has 0 radical (unpaired) electrons. The number of hydrogen-bond donors (Lipinski definition) is 1. The predicted molar refractivity (Wildman–Crippen MR) is 93.9 cm³/mol. The monoisotopic (exact) mass is 350 g/mol. The number of aromatic nitrogens is 4. The van der Waals surface area contributed by atoms with E-state index in [0.29, 0.717) is 17.8 Å². The van der Waals surface area contributed by atoms with Crippen LogP contribution in [0.1, 0.15) is 34.5 Å². The molecule has 0 bridgehead atoms. The van der Waals surface area contributed by atoms with Crippen LogP contribution in [0.25, 0.3) is 5.78 Å². The molecule has 3 aromatic rings. The number of nitrogen functional groups attached to an aromatic ring is 1. The number of rotatable bonds is 5. The van der Waals surface area contributed by atoms with Crippen molar-refractivity contribution in [2.75, 3.05) is 5.73 Å². The summed E-state index contributed by atoms with van der Waals surface area (Å²) in [5, 5.41) is 12.9. The van der Waals surface area contributed by atoms with Crippen molar-refractivity contribution in [1.82, 2.24) is 19.6 Å². The van der Waals surface area contributed by atoms with Crippen LogP contribution in [0.3, 0.4) is 0 Å². The zero-order chi connectivity index (χ0) is 18.7. The van der Waals surface area contributed by atoms with Crippen molar-refractivity contribution in [2.24, 2.45) is 0 Å². The van der Waals surface area contributed by atoms with Gasteiger partial charge in [-0.15, -0.1) is 5.10 Å². The van der Waals surface area contributed by atoms with E-state index in [0.717, 1.165) is 22.5 Å². The maximum atomic E-state index is 12.1. The molecule has 0 aliphatic carbocycles. The molecule has 0 fully saturated rings. The summed E-state index contributed by atoms with van der Waals surface area (Å²) in [7, 11) is 0. The third-order valence-corrected chi connectivity index (χ3v) is 4.13. The van der Waals surface area contributed by atoms with E-state index in [4.69, 9.17) is 15.7 Å². The number of anilines is 1. The SMILES string of the molecule is Cc1nc2nc(N)nn2c(C)c1CCC(=O)OCc1ccc(C#N)cc1. The highest BCUT2D eigenvalue weighted by Crippen LogP contribution is 2.16. The van der Waals surface area contributed by atoms with Crippen molar-refractivity contribution in [1.29, 1.82) is 5.26 Å². The van der Waals surface area contributed by atoms with Crippen LogP contribution in [-0.4, -0.2) is 25.6 Å². The van der Waals surface area contributed by atoms with Crippen molar-refractivity contribution >= 4 is 17.7 Å². The Labute approximate surface area is 150 Å². The Morgan fingerprint density at radius 2 is 2.00 bits per heavy atom. The van der Waals surface area contributed by atoms with Crippen LogP contribution in [-0.2, 0) is 22.6 Å². The Bertz CT molecular complexity index is 1000. The third kappa shape index (κ3) is 3.62. The Balaban J connectivity index is 1.62. The van der Waals surface area contributed by atoms with Crippen LogP contribution in [0.4, 0.5) is 5.95 Å². The number of nitrogens with two attached hydrogens (primary N) is 1.